The lowest BCUT2D eigenvalue weighted by atomic mass is 9.86. The summed E-state index contributed by atoms with van der Waals surface area (Å²) in [4.78, 5) is 28.8. The van der Waals surface area contributed by atoms with Crippen molar-refractivity contribution in [2.24, 2.45) is 0 Å². The highest BCUT2D eigenvalue weighted by atomic mass is 16.5. The van der Waals surface area contributed by atoms with Crippen LogP contribution in [0.5, 0.6) is 0 Å². The minimum Gasteiger partial charge on any atom is -0.466 e. The molecule has 0 spiro atoms. The van der Waals surface area contributed by atoms with Crippen molar-refractivity contribution in [3.05, 3.63) is 59.4 Å². The molecule has 1 heterocycles. The zero-order chi connectivity index (χ0) is 17.6. The number of anilines is 1. The Morgan fingerprint density at radius 3 is 3.00 bits per heavy atom. The Kier molecular flexibility index (Phi) is 5.43. The van der Waals surface area contributed by atoms with Crippen LogP contribution >= 0.6 is 0 Å². The van der Waals surface area contributed by atoms with E-state index in [4.69, 9.17) is 4.74 Å². The Balaban J connectivity index is 1.71. The quantitative estimate of drug-likeness (QED) is 0.850. The van der Waals surface area contributed by atoms with Crippen molar-refractivity contribution in [2.75, 3.05) is 11.9 Å². The van der Waals surface area contributed by atoms with Crippen molar-refractivity contribution in [1.29, 1.82) is 0 Å². The van der Waals surface area contributed by atoms with Gasteiger partial charge in [-0.15, -0.1) is 0 Å². The first-order chi connectivity index (χ1) is 12.2. The molecule has 1 N–H and O–H groups in total. The van der Waals surface area contributed by atoms with Gasteiger partial charge < -0.3 is 10.1 Å². The number of esters is 1. The fourth-order valence-electron chi connectivity index (χ4n) is 3.23. The van der Waals surface area contributed by atoms with Crippen molar-refractivity contribution < 1.29 is 14.3 Å². The lowest BCUT2D eigenvalue weighted by Gasteiger charge is -2.23. The Morgan fingerprint density at radius 1 is 1.28 bits per heavy atom. The minimum atomic E-state index is -0.267. The lowest BCUT2D eigenvalue weighted by Crippen LogP contribution is -2.25. The van der Waals surface area contributed by atoms with E-state index in [0.717, 1.165) is 36.1 Å². The molecule has 1 aliphatic rings. The van der Waals surface area contributed by atoms with E-state index in [1.807, 2.05) is 36.4 Å². The lowest BCUT2D eigenvalue weighted by molar-refractivity contribution is -0.142. The minimum absolute atomic E-state index is 0.0482. The van der Waals surface area contributed by atoms with E-state index < -0.39 is 0 Å². The summed E-state index contributed by atoms with van der Waals surface area (Å²) >= 11 is 0. The summed E-state index contributed by atoms with van der Waals surface area (Å²) in [7, 11) is 0. The summed E-state index contributed by atoms with van der Waals surface area (Å²) in [5, 5.41) is 2.97. The number of nitrogens with one attached hydrogen (secondary N) is 1. The molecule has 5 heteroatoms. The number of benzene rings is 1. The highest BCUT2D eigenvalue weighted by Gasteiger charge is 2.27. The van der Waals surface area contributed by atoms with Gasteiger partial charge in [0.1, 0.15) is 0 Å². The topological polar surface area (TPSA) is 68.3 Å². The maximum Gasteiger partial charge on any atom is 0.310 e. The van der Waals surface area contributed by atoms with Gasteiger partial charge in [-0.25, -0.2) is 0 Å². The normalized spacial score (nSPS) is 16.0. The largest absolute Gasteiger partial charge is 0.466 e. The summed E-state index contributed by atoms with van der Waals surface area (Å²) < 4.78 is 4.97. The van der Waals surface area contributed by atoms with Crippen molar-refractivity contribution >= 4 is 17.6 Å². The molecule has 1 aromatic heterocycles. The van der Waals surface area contributed by atoms with Gasteiger partial charge in [0.25, 0.3) is 0 Å². The number of carbonyl (C=O) groups is 2. The number of fused-ring (bicyclic) bond motifs is 1. The molecule has 0 aliphatic heterocycles. The molecule has 1 amide bonds. The van der Waals surface area contributed by atoms with E-state index in [1.54, 1.807) is 13.1 Å². The molecule has 0 radical (unpaired) electrons. The predicted molar refractivity (Wildman–Crippen MR) is 95.3 cm³/mol. The van der Waals surface area contributed by atoms with Crippen LogP contribution in [0.15, 0.2) is 42.6 Å². The van der Waals surface area contributed by atoms with E-state index in [0.29, 0.717) is 12.3 Å². The molecule has 2 aromatic rings. The Labute approximate surface area is 147 Å². The maximum atomic E-state index is 12.7. The van der Waals surface area contributed by atoms with Gasteiger partial charge in [-0.3, -0.25) is 14.6 Å². The number of carbonyl (C=O) groups excluding carboxylic acids is 2. The number of hydrogen-bond acceptors (Lipinski definition) is 4. The van der Waals surface area contributed by atoms with Crippen LogP contribution in [0.3, 0.4) is 0 Å². The summed E-state index contributed by atoms with van der Waals surface area (Å²) in [5.74, 6) is -0.539. The number of rotatable bonds is 5. The second kappa shape index (κ2) is 7.92. The van der Waals surface area contributed by atoms with Crippen molar-refractivity contribution in [1.82, 2.24) is 4.98 Å². The van der Waals surface area contributed by atoms with Crippen LogP contribution in [-0.2, 0) is 27.2 Å². The summed E-state index contributed by atoms with van der Waals surface area (Å²) in [6.45, 7) is 2.15. The van der Waals surface area contributed by atoms with E-state index in [1.165, 1.54) is 0 Å². The monoisotopic (exact) mass is 338 g/mol. The van der Waals surface area contributed by atoms with Crippen molar-refractivity contribution in [3.8, 4) is 0 Å². The number of amides is 1. The fraction of sp³-hybridized carbons (Fsp3) is 0.350. The Morgan fingerprint density at radius 2 is 2.16 bits per heavy atom. The summed E-state index contributed by atoms with van der Waals surface area (Å²) in [6, 6.07) is 11.3. The van der Waals surface area contributed by atoms with E-state index in [-0.39, 0.29) is 24.2 Å². The average molecular weight is 338 g/mol. The molecule has 25 heavy (non-hydrogen) atoms. The standard InChI is InChI=1S/C20H22N2O3/c1-2-25-18(23)13-14-6-3-9-16(12-14)22-20(24)17-10-4-7-15-8-5-11-21-19(15)17/h3,5-6,8-9,11-12,17H,2,4,7,10,13H2,1H3,(H,22,24)/t17-/m0/s1. The van der Waals surface area contributed by atoms with Gasteiger partial charge in [0.05, 0.1) is 24.6 Å². The molecule has 0 fully saturated rings. The molecule has 0 saturated carbocycles. The van der Waals surface area contributed by atoms with E-state index in [9.17, 15) is 9.59 Å². The Hall–Kier alpha value is -2.69. The third kappa shape index (κ3) is 4.24. The van der Waals surface area contributed by atoms with Crippen LogP contribution in [0.25, 0.3) is 0 Å². The first-order valence-electron chi connectivity index (χ1n) is 8.66. The number of ether oxygens (including phenoxy) is 1. The first-order valence-corrected chi connectivity index (χ1v) is 8.66. The highest BCUT2D eigenvalue weighted by Crippen LogP contribution is 2.30. The number of aromatic nitrogens is 1. The van der Waals surface area contributed by atoms with Crippen molar-refractivity contribution in [2.45, 2.75) is 38.5 Å². The molecule has 130 valence electrons. The molecule has 1 aromatic carbocycles. The van der Waals surface area contributed by atoms with Crippen LogP contribution in [0, 0.1) is 0 Å². The molecule has 0 unspecified atom stereocenters. The van der Waals surface area contributed by atoms with Crippen LogP contribution < -0.4 is 5.32 Å². The number of aryl methyl sites for hydroxylation is 1. The molecule has 3 rings (SSSR count). The third-order valence-corrected chi connectivity index (χ3v) is 4.36. The third-order valence-electron chi connectivity index (χ3n) is 4.36. The smallest absolute Gasteiger partial charge is 0.310 e. The average Bonchev–Trinajstić information content (AvgIpc) is 2.61. The molecule has 0 bridgehead atoms. The molecular weight excluding hydrogens is 316 g/mol. The van der Waals surface area contributed by atoms with Crippen LogP contribution in [-0.4, -0.2) is 23.5 Å². The van der Waals surface area contributed by atoms with Crippen LogP contribution in [0.2, 0.25) is 0 Å². The molecule has 0 saturated heterocycles. The van der Waals surface area contributed by atoms with Gasteiger partial charge in [0, 0.05) is 11.9 Å². The molecule has 5 nitrogen and oxygen atoms in total. The summed E-state index contributed by atoms with van der Waals surface area (Å²) in [6.07, 6.45) is 4.70. The van der Waals surface area contributed by atoms with Crippen LogP contribution in [0.4, 0.5) is 5.69 Å². The van der Waals surface area contributed by atoms with Gasteiger partial charge in [-0.2, -0.15) is 0 Å². The Bertz CT molecular complexity index is 773. The van der Waals surface area contributed by atoms with Crippen molar-refractivity contribution in [3.63, 3.8) is 0 Å². The fourth-order valence-corrected chi connectivity index (χ4v) is 3.23. The van der Waals surface area contributed by atoms with Crippen LogP contribution in [0.1, 0.15) is 42.5 Å². The number of pyridine rings is 1. The highest BCUT2D eigenvalue weighted by molar-refractivity contribution is 5.96. The van der Waals surface area contributed by atoms with Gasteiger partial charge in [0.15, 0.2) is 0 Å². The second-order valence-electron chi connectivity index (χ2n) is 6.16. The molecule has 1 atom stereocenters. The van der Waals surface area contributed by atoms with Gasteiger partial charge >= 0.3 is 5.97 Å². The predicted octanol–water partition coefficient (Wildman–Crippen LogP) is 3.25. The van der Waals surface area contributed by atoms with Gasteiger partial charge in [0.2, 0.25) is 5.91 Å². The first kappa shape index (κ1) is 17.1. The zero-order valence-corrected chi connectivity index (χ0v) is 14.3. The molecular formula is C20H22N2O3. The summed E-state index contributed by atoms with van der Waals surface area (Å²) in [5.41, 5.74) is 3.55. The number of hydrogen-bond donors (Lipinski definition) is 1. The van der Waals surface area contributed by atoms with E-state index in [2.05, 4.69) is 10.3 Å². The zero-order valence-electron chi connectivity index (χ0n) is 14.3. The SMILES string of the molecule is CCOC(=O)Cc1cccc(NC(=O)[C@H]2CCCc3cccnc32)c1. The van der Waals surface area contributed by atoms with Gasteiger partial charge in [-0.1, -0.05) is 18.2 Å². The maximum absolute atomic E-state index is 12.7. The number of nitrogens with zero attached hydrogens (tertiary/aromatic N) is 1. The molecule has 1 aliphatic carbocycles. The second-order valence-corrected chi connectivity index (χ2v) is 6.16. The van der Waals surface area contributed by atoms with Gasteiger partial charge in [-0.05, 0) is 55.5 Å². The van der Waals surface area contributed by atoms with E-state index >= 15 is 0 Å².